The molecule has 0 aromatic heterocycles. The predicted octanol–water partition coefficient (Wildman–Crippen LogP) is 6.29. The molecule has 0 saturated heterocycles. The van der Waals surface area contributed by atoms with Crippen LogP contribution in [0, 0.1) is 23.0 Å². The molecule has 0 saturated carbocycles. The van der Waals surface area contributed by atoms with Gasteiger partial charge in [-0.1, -0.05) is 0 Å². The van der Waals surface area contributed by atoms with Gasteiger partial charge in [0.2, 0.25) is 0 Å². The Morgan fingerprint density at radius 1 is 0.871 bits per heavy atom. The minimum absolute atomic E-state index is 0.155. The van der Waals surface area contributed by atoms with Gasteiger partial charge in [0.25, 0.3) is 0 Å². The molecule has 0 aliphatic heterocycles. The van der Waals surface area contributed by atoms with Crippen molar-refractivity contribution in [2.24, 2.45) is 0 Å². The predicted molar refractivity (Wildman–Crippen MR) is 102 cm³/mol. The van der Waals surface area contributed by atoms with Crippen LogP contribution < -0.4 is 15.4 Å². The van der Waals surface area contributed by atoms with E-state index in [0.29, 0.717) is 23.4 Å². The van der Waals surface area contributed by atoms with Crippen molar-refractivity contribution < 1.29 is 31.5 Å². The highest BCUT2D eigenvalue weighted by Crippen LogP contribution is 2.33. The van der Waals surface area contributed by atoms with Gasteiger partial charge < -0.3 is 15.4 Å². The Hall–Kier alpha value is -4.13. The maximum Gasteiger partial charge on any atom is 0.419 e. The van der Waals surface area contributed by atoms with E-state index in [2.05, 4.69) is 10.6 Å². The molecular weight excluding hydrogens is 421 g/mol. The summed E-state index contributed by atoms with van der Waals surface area (Å²) in [4.78, 5) is 12.1. The lowest BCUT2D eigenvalue weighted by Crippen LogP contribution is -2.20. The van der Waals surface area contributed by atoms with Gasteiger partial charge in [-0.05, 0) is 54.6 Å². The van der Waals surface area contributed by atoms with Crippen LogP contribution in [0.5, 0.6) is 11.5 Å². The summed E-state index contributed by atoms with van der Waals surface area (Å²) in [6, 6.07) is 12.4. The number of nitrogens with one attached hydrogen (secondary N) is 2. The van der Waals surface area contributed by atoms with Gasteiger partial charge in [-0.2, -0.15) is 18.4 Å². The number of amides is 2. The van der Waals surface area contributed by atoms with Crippen molar-refractivity contribution in [3.8, 4) is 17.6 Å². The monoisotopic (exact) mass is 433 g/mol. The Labute approximate surface area is 172 Å². The summed E-state index contributed by atoms with van der Waals surface area (Å²) < 4.78 is 71.3. The molecule has 0 atom stereocenters. The summed E-state index contributed by atoms with van der Waals surface area (Å²) in [5, 5.41) is 13.0. The highest BCUT2D eigenvalue weighted by molar-refractivity contribution is 6.00. The number of anilines is 2. The van der Waals surface area contributed by atoms with Crippen molar-refractivity contribution in [2.45, 2.75) is 6.18 Å². The zero-order chi connectivity index (χ0) is 22.6. The van der Waals surface area contributed by atoms with Crippen molar-refractivity contribution in [3.63, 3.8) is 0 Å². The van der Waals surface area contributed by atoms with Crippen LogP contribution in [0.2, 0.25) is 0 Å². The molecule has 3 rings (SSSR count). The van der Waals surface area contributed by atoms with E-state index in [1.807, 2.05) is 6.07 Å². The second-order valence-electron chi connectivity index (χ2n) is 6.15. The van der Waals surface area contributed by atoms with Gasteiger partial charge in [-0.25, -0.2) is 13.6 Å². The SMILES string of the molecule is N#Cc1ccc(Oc2ccc(F)c(NC(=O)Nc3ccc(F)c(C(F)(F)F)c3)c2)cc1. The van der Waals surface area contributed by atoms with Crippen molar-refractivity contribution in [2.75, 3.05) is 10.6 Å². The zero-order valence-electron chi connectivity index (χ0n) is 15.4. The first-order valence-corrected chi connectivity index (χ1v) is 8.58. The van der Waals surface area contributed by atoms with Crippen LogP contribution in [0.25, 0.3) is 0 Å². The van der Waals surface area contributed by atoms with Crippen LogP contribution in [0.1, 0.15) is 11.1 Å². The summed E-state index contributed by atoms with van der Waals surface area (Å²) in [6.07, 6.45) is -4.94. The minimum atomic E-state index is -4.94. The third-order valence-corrected chi connectivity index (χ3v) is 3.93. The van der Waals surface area contributed by atoms with Crippen molar-refractivity contribution >= 4 is 17.4 Å². The number of ether oxygens (including phenoxy) is 1. The van der Waals surface area contributed by atoms with Gasteiger partial charge in [-0.15, -0.1) is 0 Å². The minimum Gasteiger partial charge on any atom is -0.457 e. The molecule has 5 nitrogen and oxygen atoms in total. The van der Waals surface area contributed by atoms with E-state index in [1.165, 1.54) is 36.4 Å². The number of hydrogen-bond acceptors (Lipinski definition) is 3. The standard InChI is InChI=1S/C21H12F5N3O2/c22-17-7-3-13(9-16(17)21(24,25)26)28-20(30)29-19-10-15(6-8-18(19)23)31-14-4-1-12(11-27)2-5-14/h1-10H,(H2,28,29,30). The lowest BCUT2D eigenvalue weighted by atomic mass is 10.2. The fourth-order valence-electron chi connectivity index (χ4n) is 2.50. The first-order valence-electron chi connectivity index (χ1n) is 8.58. The number of carbonyl (C=O) groups excluding carboxylic acids is 1. The quantitative estimate of drug-likeness (QED) is 0.475. The van der Waals surface area contributed by atoms with E-state index in [1.54, 1.807) is 0 Å². The molecule has 0 radical (unpaired) electrons. The number of rotatable bonds is 4. The highest BCUT2D eigenvalue weighted by atomic mass is 19.4. The number of halogens is 5. The Morgan fingerprint density at radius 2 is 1.52 bits per heavy atom. The lowest BCUT2D eigenvalue weighted by molar-refractivity contribution is -0.139. The normalized spacial score (nSPS) is 10.8. The van der Waals surface area contributed by atoms with Gasteiger partial charge in [0.1, 0.15) is 23.1 Å². The molecule has 0 aliphatic carbocycles. The van der Waals surface area contributed by atoms with E-state index in [4.69, 9.17) is 10.00 Å². The second kappa shape index (κ2) is 8.71. The highest BCUT2D eigenvalue weighted by Gasteiger charge is 2.34. The molecule has 10 heteroatoms. The molecule has 0 unspecified atom stereocenters. The van der Waals surface area contributed by atoms with Crippen LogP contribution in [-0.4, -0.2) is 6.03 Å². The first-order chi connectivity index (χ1) is 14.7. The molecule has 3 aromatic carbocycles. The van der Waals surface area contributed by atoms with Crippen LogP contribution in [0.15, 0.2) is 60.7 Å². The molecule has 0 heterocycles. The molecular formula is C21H12F5N3O2. The molecule has 0 spiro atoms. The Bertz CT molecular complexity index is 1160. The largest absolute Gasteiger partial charge is 0.457 e. The molecule has 0 fully saturated rings. The summed E-state index contributed by atoms with van der Waals surface area (Å²) in [6.45, 7) is 0. The smallest absolute Gasteiger partial charge is 0.419 e. The molecule has 0 aliphatic rings. The second-order valence-corrected chi connectivity index (χ2v) is 6.15. The maximum absolute atomic E-state index is 14.0. The van der Waals surface area contributed by atoms with Gasteiger partial charge in [0.15, 0.2) is 0 Å². The van der Waals surface area contributed by atoms with Crippen LogP contribution in [-0.2, 0) is 6.18 Å². The van der Waals surface area contributed by atoms with Crippen LogP contribution >= 0.6 is 0 Å². The number of alkyl halides is 3. The third-order valence-electron chi connectivity index (χ3n) is 3.93. The van der Waals surface area contributed by atoms with E-state index in [9.17, 15) is 26.7 Å². The molecule has 0 bridgehead atoms. The van der Waals surface area contributed by atoms with Crippen molar-refractivity contribution in [3.05, 3.63) is 83.4 Å². The third kappa shape index (κ3) is 5.48. The summed E-state index contributed by atoms with van der Waals surface area (Å²) in [5.74, 6) is -1.80. The number of carbonyl (C=O) groups is 1. The number of nitrogens with zero attached hydrogens (tertiary/aromatic N) is 1. The molecule has 31 heavy (non-hydrogen) atoms. The van der Waals surface area contributed by atoms with Gasteiger partial charge in [-0.3, -0.25) is 0 Å². The Balaban J connectivity index is 1.72. The molecule has 2 N–H and O–H groups in total. The lowest BCUT2D eigenvalue weighted by Gasteiger charge is -2.13. The van der Waals surface area contributed by atoms with Crippen molar-refractivity contribution in [1.29, 1.82) is 5.26 Å². The maximum atomic E-state index is 14.0. The number of benzene rings is 3. The topological polar surface area (TPSA) is 74.1 Å². The Morgan fingerprint density at radius 3 is 2.16 bits per heavy atom. The van der Waals surface area contributed by atoms with E-state index < -0.39 is 29.4 Å². The fourth-order valence-corrected chi connectivity index (χ4v) is 2.50. The van der Waals surface area contributed by atoms with Crippen molar-refractivity contribution in [1.82, 2.24) is 0 Å². The molecule has 158 valence electrons. The van der Waals surface area contributed by atoms with E-state index in [-0.39, 0.29) is 17.1 Å². The first kappa shape index (κ1) is 21.6. The number of nitriles is 1. The number of hydrogen-bond donors (Lipinski definition) is 2. The fraction of sp³-hybridized carbons (Fsp3) is 0.0476. The van der Waals surface area contributed by atoms with E-state index >= 15 is 0 Å². The van der Waals surface area contributed by atoms with Crippen LogP contribution in [0.3, 0.4) is 0 Å². The van der Waals surface area contributed by atoms with Gasteiger partial charge >= 0.3 is 12.2 Å². The molecule has 2 amide bonds. The average Bonchev–Trinajstić information content (AvgIpc) is 2.71. The van der Waals surface area contributed by atoms with Gasteiger partial charge in [0, 0.05) is 11.8 Å². The zero-order valence-corrected chi connectivity index (χ0v) is 15.4. The van der Waals surface area contributed by atoms with Crippen LogP contribution in [0.4, 0.5) is 38.1 Å². The van der Waals surface area contributed by atoms with E-state index in [0.717, 1.165) is 12.1 Å². The number of urea groups is 1. The summed E-state index contributed by atoms with van der Waals surface area (Å²) >= 11 is 0. The summed E-state index contributed by atoms with van der Waals surface area (Å²) in [7, 11) is 0. The van der Waals surface area contributed by atoms with Gasteiger partial charge in [0.05, 0.1) is 22.9 Å². The Kier molecular flexibility index (Phi) is 6.06. The summed E-state index contributed by atoms with van der Waals surface area (Å²) in [5.41, 5.74) is -1.77. The molecule has 3 aromatic rings. The average molecular weight is 433 g/mol.